The molecule has 0 unspecified atom stereocenters. The van der Waals surface area contributed by atoms with Crippen LogP contribution >= 0.6 is 11.3 Å². The predicted molar refractivity (Wildman–Crippen MR) is 103 cm³/mol. The number of rotatable bonds is 4. The van der Waals surface area contributed by atoms with Gasteiger partial charge >= 0.3 is 15.6 Å². The Morgan fingerprint density at radius 3 is 2.43 bits per heavy atom. The van der Waals surface area contributed by atoms with Crippen LogP contribution in [0.5, 0.6) is 11.5 Å². The fraction of sp³-hybridized carbons (Fsp3) is 0.118. The summed E-state index contributed by atoms with van der Waals surface area (Å²) in [4.78, 5) is 21.2. The van der Waals surface area contributed by atoms with E-state index in [0.29, 0.717) is 11.4 Å². The molecule has 0 saturated carbocycles. The molecule has 0 spiro atoms. The monoisotopic (exact) mass is 457 g/mol. The second-order valence-corrected chi connectivity index (χ2v) is 8.41. The lowest BCUT2D eigenvalue weighted by Crippen LogP contribution is -2.28. The van der Waals surface area contributed by atoms with Crippen LogP contribution in [-0.4, -0.2) is 35.6 Å². The van der Waals surface area contributed by atoms with Gasteiger partial charge in [-0.2, -0.15) is 21.6 Å². The van der Waals surface area contributed by atoms with Gasteiger partial charge in [-0.1, -0.05) is 0 Å². The lowest BCUT2D eigenvalue weighted by molar-refractivity contribution is -0.0499. The van der Waals surface area contributed by atoms with E-state index in [2.05, 4.69) is 14.2 Å². The second-order valence-electron chi connectivity index (χ2n) is 5.87. The minimum absolute atomic E-state index is 0.00904. The number of aromatic nitrogens is 3. The lowest BCUT2D eigenvalue weighted by Gasteiger charge is -2.10. The van der Waals surface area contributed by atoms with Crippen LogP contribution in [0.4, 0.5) is 13.2 Å². The number of fused-ring (bicyclic) bond motifs is 3. The van der Waals surface area contributed by atoms with Crippen molar-refractivity contribution >= 4 is 41.9 Å². The average Bonchev–Trinajstić information content (AvgIpc) is 3.08. The van der Waals surface area contributed by atoms with E-state index in [1.54, 1.807) is 24.3 Å². The van der Waals surface area contributed by atoms with Gasteiger partial charge < -0.3 is 8.92 Å². The van der Waals surface area contributed by atoms with E-state index < -0.39 is 26.9 Å². The summed E-state index contributed by atoms with van der Waals surface area (Å²) in [5, 5.41) is -0.0932. The fourth-order valence-corrected chi connectivity index (χ4v) is 4.20. The van der Waals surface area contributed by atoms with Crippen molar-refractivity contribution in [3.8, 4) is 17.2 Å². The van der Waals surface area contributed by atoms with Crippen molar-refractivity contribution in [1.82, 2.24) is 14.5 Å². The number of hydrogen-bond donors (Lipinski definition) is 0. The molecule has 0 saturated heterocycles. The fourth-order valence-electron chi connectivity index (χ4n) is 2.69. The summed E-state index contributed by atoms with van der Waals surface area (Å²) in [7, 11) is -4.41. The summed E-state index contributed by atoms with van der Waals surface area (Å²) in [6.45, 7) is 0. The SMILES string of the molecule is COc1ccc(-n2cnc3c(sc4nccc(OS(=O)(=O)C(F)(F)F)c43)c2=O)cc1. The molecule has 1 aromatic carbocycles. The maximum atomic E-state index is 12.9. The van der Waals surface area contributed by atoms with E-state index >= 15 is 0 Å². The largest absolute Gasteiger partial charge is 0.534 e. The van der Waals surface area contributed by atoms with Gasteiger partial charge in [0.15, 0.2) is 5.75 Å². The maximum absolute atomic E-state index is 12.9. The van der Waals surface area contributed by atoms with Crippen molar-refractivity contribution in [3.63, 3.8) is 0 Å². The molecule has 3 heterocycles. The average molecular weight is 457 g/mol. The van der Waals surface area contributed by atoms with Gasteiger partial charge in [0.2, 0.25) is 0 Å². The van der Waals surface area contributed by atoms with Crippen molar-refractivity contribution in [2.75, 3.05) is 7.11 Å². The van der Waals surface area contributed by atoms with E-state index in [0.717, 1.165) is 23.6 Å². The molecule has 0 fully saturated rings. The number of nitrogens with zero attached hydrogens (tertiary/aromatic N) is 3. The first-order valence-electron chi connectivity index (χ1n) is 8.06. The quantitative estimate of drug-likeness (QED) is 0.343. The van der Waals surface area contributed by atoms with Gasteiger partial charge in [0.1, 0.15) is 27.1 Å². The molecular formula is C17H10F3N3O5S2. The predicted octanol–water partition coefficient (Wildman–Crippen LogP) is 3.23. The Kier molecular flexibility index (Phi) is 4.66. The molecule has 0 aliphatic carbocycles. The third-order valence-electron chi connectivity index (χ3n) is 4.08. The molecule has 4 aromatic rings. The highest BCUT2D eigenvalue weighted by molar-refractivity contribution is 7.88. The molecule has 30 heavy (non-hydrogen) atoms. The molecule has 0 bridgehead atoms. The van der Waals surface area contributed by atoms with Gasteiger partial charge in [0.05, 0.1) is 18.2 Å². The van der Waals surface area contributed by atoms with Crippen LogP contribution in [0.25, 0.3) is 26.1 Å². The molecule has 0 aliphatic heterocycles. The van der Waals surface area contributed by atoms with Crippen molar-refractivity contribution in [3.05, 3.63) is 53.2 Å². The number of benzene rings is 1. The molecule has 156 valence electrons. The number of thiophene rings is 1. The minimum Gasteiger partial charge on any atom is -0.497 e. The van der Waals surface area contributed by atoms with Crippen molar-refractivity contribution in [1.29, 1.82) is 0 Å². The Hall–Kier alpha value is -3.19. The topological polar surface area (TPSA) is 100 Å². The highest BCUT2D eigenvalue weighted by Gasteiger charge is 2.48. The highest BCUT2D eigenvalue weighted by Crippen LogP contribution is 2.37. The van der Waals surface area contributed by atoms with Gasteiger partial charge in [0, 0.05) is 12.3 Å². The van der Waals surface area contributed by atoms with Gasteiger partial charge in [-0.3, -0.25) is 9.36 Å². The van der Waals surface area contributed by atoms with Crippen LogP contribution in [0.1, 0.15) is 0 Å². The van der Waals surface area contributed by atoms with E-state index in [1.165, 1.54) is 18.0 Å². The van der Waals surface area contributed by atoms with Crippen molar-refractivity contribution in [2.24, 2.45) is 0 Å². The normalized spacial score (nSPS) is 12.4. The Morgan fingerprint density at radius 1 is 1.10 bits per heavy atom. The Balaban J connectivity index is 1.90. The minimum atomic E-state index is -5.90. The molecule has 0 aliphatic rings. The van der Waals surface area contributed by atoms with Crippen LogP contribution in [0, 0.1) is 0 Å². The summed E-state index contributed by atoms with van der Waals surface area (Å²) in [5.41, 5.74) is -5.64. The van der Waals surface area contributed by atoms with E-state index in [4.69, 9.17) is 4.74 Å². The molecular weight excluding hydrogens is 447 g/mol. The first-order valence-corrected chi connectivity index (χ1v) is 10.3. The highest BCUT2D eigenvalue weighted by atomic mass is 32.2. The van der Waals surface area contributed by atoms with Crippen molar-refractivity contribution in [2.45, 2.75) is 5.51 Å². The van der Waals surface area contributed by atoms with Gasteiger partial charge in [0.25, 0.3) is 5.56 Å². The molecule has 4 rings (SSSR count). The Morgan fingerprint density at radius 2 is 1.80 bits per heavy atom. The first-order chi connectivity index (χ1) is 14.1. The number of alkyl halides is 3. The molecule has 0 N–H and O–H groups in total. The van der Waals surface area contributed by atoms with Gasteiger partial charge in [-0.05, 0) is 24.3 Å². The maximum Gasteiger partial charge on any atom is 0.534 e. The molecule has 8 nitrogen and oxygen atoms in total. The number of pyridine rings is 1. The van der Waals surface area contributed by atoms with Crippen LogP contribution in [0.2, 0.25) is 0 Å². The van der Waals surface area contributed by atoms with Crippen LogP contribution in [-0.2, 0) is 10.1 Å². The molecule has 0 amide bonds. The number of hydrogen-bond acceptors (Lipinski definition) is 8. The van der Waals surface area contributed by atoms with E-state index in [1.807, 2.05) is 0 Å². The molecule has 13 heteroatoms. The molecule has 0 radical (unpaired) electrons. The smallest absolute Gasteiger partial charge is 0.497 e. The standard InChI is InChI=1S/C17H10F3N3O5S2/c1-27-10-4-2-9(3-5-10)23-8-22-13-12-11(28-30(25,26)17(18,19)20)6-7-21-15(12)29-14(13)16(23)24/h2-8H,1H3. The summed E-state index contributed by atoms with van der Waals surface area (Å²) < 4.78 is 71.7. The summed E-state index contributed by atoms with van der Waals surface area (Å²) >= 11 is 0.865. The number of halogens is 3. The molecule has 3 aromatic heterocycles. The zero-order valence-electron chi connectivity index (χ0n) is 14.9. The first kappa shape index (κ1) is 20.1. The van der Waals surface area contributed by atoms with E-state index in [-0.39, 0.29) is 20.4 Å². The third kappa shape index (κ3) is 3.25. The Labute approximate surface area is 170 Å². The third-order valence-corrected chi connectivity index (χ3v) is 6.12. The van der Waals surface area contributed by atoms with Gasteiger partial charge in [-0.15, -0.1) is 11.3 Å². The second kappa shape index (κ2) is 6.95. The van der Waals surface area contributed by atoms with Crippen LogP contribution < -0.4 is 14.5 Å². The van der Waals surface area contributed by atoms with Gasteiger partial charge in [-0.25, -0.2) is 9.97 Å². The summed E-state index contributed by atoms with van der Waals surface area (Å²) in [6, 6.07) is 7.51. The lowest BCUT2D eigenvalue weighted by atomic mass is 10.2. The zero-order valence-corrected chi connectivity index (χ0v) is 16.5. The van der Waals surface area contributed by atoms with Crippen LogP contribution in [0.15, 0.2) is 47.7 Å². The number of ether oxygens (including phenoxy) is 1. The number of methoxy groups -OCH3 is 1. The van der Waals surface area contributed by atoms with Crippen LogP contribution in [0.3, 0.4) is 0 Å². The summed E-state index contributed by atoms with van der Waals surface area (Å²) in [6.07, 6.45) is 2.27. The summed E-state index contributed by atoms with van der Waals surface area (Å²) in [5.74, 6) is -0.0303. The molecule has 0 atom stereocenters. The van der Waals surface area contributed by atoms with Crippen molar-refractivity contribution < 1.29 is 30.5 Å². The Bertz CT molecular complexity index is 1430. The van der Waals surface area contributed by atoms with E-state index in [9.17, 15) is 26.4 Å². The zero-order chi connectivity index (χ0) is 21.7.